The average Bonchev–Trinajstić information content (AvgIpc) is 2.45. The Morgan fingerprint density at radius 3 is 2.55 bits per heavy atom. The van der Waals surface area contributed by atoms with Crippen molar-refractivity contribution in [2.24, 2.45) is 0 Å². The molecule has 2 rings (SSSR count). The first kappa shape index (κ1) is 15.5. The lowest BCUT2D eigenvalue weighted by atomic mass is 10.2. The zero-order valence-corrected chi connectivity index (χ0v) is 14.5. The second kappa shape index (κ2) is 7.81. The predicted molar refractivity (Wildman–Crippen MR) is 90.0 cm³/mol. The van der Waals surface area contributed by atoms with Crippen LogP contribution in [0.3, 0.4) is 0 Å². The van der Waals surface area contributed by atoms with Gasteiger partial charge in [0.05, 0.1) is 4.47 Å². The second-order valence-electron chi connectivity index (χ2n) is 4.43. The van der Waals surface area contributed by atoms with Crippen LogP contribution in [0.5, 0.6) is 5.75 Å². The highest BCUT2D eigenvalue weighted by atomic mass is 79.9. The van der Waals surface area contributed by atoms with E-state index in [0.717, 1.165) is 33.3 Å². The minimum atomic E-state index is 0.548. The van der Waals surface area contributed by atoms with Gasteiger partial charge in [0.15, 0.2) is 0 Å². The van der Waals surface area contributed by atoms with E-state index in [0.29, 0.717) is 6.61 Å². The van der Waals surface area contributed by atoms with E-state index in [1.165, 1.54) is 5.56 Å². The summed E-state index contributed by atoms with van der Waals surface area (Å²) in [6, 6.07) is 14.3. The Morgan fingerprint density at radius 1 is 1.05 bits per heavy atom. The molecule has 0 heterocycles. The van der Waals surface area contributed by atoms with Gasteiger partial charge in [-0.2, -0.15) is 0 Å². The fraction of sp³-hybridized carbons (Fsp3) is 0.250. The van der Waals surface area contributed by atoms with Gasteiger partial charge in [0.2, 0.25) is 0 Å². The lowest BCUT2D eigenvalue weighted by molar-refractivity contribution is 0.303. The summed E-state index contributed by atoms with van der Waals surface area (Å²) in [7, 11) is 0. The normalized spacial score (nSPS) is 10.6. The van der Waals surface area contributed by atoms with Crippen molar-refractivity contribution in [2.45, 2.75) is 20.1 Å². The van der Waals surface area contributed by atoms with Crippen molar-refractivity contribution in [1.82, 2.24) is 5.32 Å². The molecule has 0 radical (unpaired) electrons. The summed E-state index contributed by atoms with van der Waals surface area (Å²) in [5.74, 6) is 0.862. The van der Waals surface area contributed by atoms with Gasteiger partial charge in [-0.25, -0.2) is 0 Å². The molecule has 0 spiro atoms. The van der Waals surface area contributed by atoms with Gasteiger partial charge < -0.3 is 10.1 Å². The molecule has 0 atom stereocenters. The van der Waals surface area contributed by atoms with Gasteiger partial charge in [-0.1, -0.05) is 47.1 Å². The van der Waals surface area contributed by atoms with Crippen molar-refractivity contribution in [3.05, 3.63) is 62.5 Å². The van der Waals surface area contributed by atoms with Crippen LogP contribution < -0.4 is 10.1 Å². The molecule has 0 saturated carbocycles. The molecule has 0 unspecified atom stereocenters. The third-order valence-electron chi connectivity index (χ3n) is 2.92. The molecule has 0 aliphatic rings. The number of benzene rings is 2. The van der Waals surface area contributed by atoms with Gasteiger partial charge in [0.1, 0.15) is 12.4 Å². The monoisotopic (exact) mass is 397 g/mol. The van der Waals surface area contributed by atoms with Crippen LogP contribution >= 0.6 is 31.9 Å². The molecule has 106 valence electrons. The van der Waals surface area contributed by atoms with E-state index in [9.17, 15) is 0 Å². The third kappa shape index (κ3) is 4.33. The van der Waals surface area contributed by atoms with Crippen LogP contribution in [-0.4, -0.2) is 6.54 Å². The molecule has 2 aromatic rings. The molecule has 2 nitrogen and oxygen atoms in total. The maximum atomic E-state index is 5.87. The highest BCUT2D eigenvalue weighted by Gasteiger charge is 2.05. The number of ether oxygens (including phenoxy) is 1. The van der Waals surface area contributed by atoms with Crippen LogP contribution in [0, 0.1) is 0 Å². The predicted octanol–water partition coefficient (Wildman–Crippen LogP) is 4.90. The van der Waals surface area contributed by atoms with Gasteiger partial charge in [0, 0.05) is 16.6 Å². The average molecular weight is 399 g/mol. The molecule has 0 aliphatic heterocycles. The zero-order chi connectivity index (χ0) is 14.4. The molecule has 0 aromatic heterocycles. The van der Waals surface area contributed by atoms with Gasteiger partial charge in [0.25, 0.3) is 0 Å². The summed E-state index contributed by atoms with van der Waals surface area (Å²) in [6.07, 6.45) is 0. The fourth-order valence-corrected chi connectivity index (χ4v) is 2.75. The molecule has 0 amide bonds. The summed E-state index contributed by atoms with van der Waals surface area (Å²) < 4.78 is 7.92. The van der Waals surface area contributed by atoms with Crippen LogP contribution in [0.25, 0.3) is 0 Å². The van der Waals surface area contributed by atoms with E-state index in [1.807, 2.05) is 24.3 Å². The minimum absolute atomic E-state index is 0.548. The zero-order valence-electron chi connectivity index (χ0n) is 11.3. The third-order valence-corrected chi connectivity index (χ3v) is 4.31. The molecule has 1 N–H and O–H groups in total. The number of nitrogens with one attached hydrogen (secondary N) is 1. The fourth-order valence-electron chi connectivity index (χ4n) is 1.81. The molecule has 0 aliphatic carbocycles. The van der Waals surface area contributed by atoms with Gasteiger partial charge in [-0.05, 0) is 46.2 Å². The van der Waals surface area contributed by atoms with Crippen LogP contribution in [0.1, 0.15) is 18.1 Å². The summed E-state index contributed by atoms with van der Waals surface area (Å²) in [5.41, 5.74) is 2.38. The largest absolute Gasteiger partial charge is 0.488 e. The molecule has 20 heavy (non-hydrogen) atoms. The lowest BCUT2D eigenvalue weighted by Crippen LogP contribution is -2.11. The van der Waals surface area contributed by atoms with Crippen LogP contribution in [-0.2, 0) is 13.2 Å². The van der Waals surface area contributed by atoms with Crippen LogP contribution in [0.2, 0.25) is 0 Å². The Hall–Kier alpha value is -0.840. The number of halogens is 2. The maximum Gasteiger partial charge on any atom is 0.134 e. The topological polar surface area (TPSA) is 21.3 Å². The highest BCUT2D eigenvalue weighted by Crippen LogP contribution is 2.27. The van der Waals surface area contributed by atoms with Gasteiger partial charge in [-0.3, -0.25) is 0 Å². The first-order chi connectivity index (χ1) is 9.70. The van der Waals surface area contributed by atoms with E-state index >= 15 is 0 Å². The molecule has 0 bridgehead atoms. The Morgan fingerprint density at radius 2 is 1.85 bits per heavy atom. The van der Waals surface area contributed by atoms with E-state index in [2.05, 4.69) is 62.3 Å². The standard InChI is InChI=1S/C16H17Br2NO/c1-2-19-10-12-7-8-16(15(18)9-12)20-11-13-5-3-4-6-14(13)17/h3-9,19H,2,10-11H2,1H3. The molecular weight excluding hydrogens is 382 g/mol. The summed E-state index contributed by atoms with van der Waals surface area (Å²) in [4.78, 5) is 0. The Balaban J connectivity index is 2.01. The minimum Gasteiger partial charge on any atom is -0.488 e. The highest BCUT2D eigenvalue weighted by molar-refractivity contribution is 9.10. The van der Waals surface area contributed by atoms with Crippen LogP contribution in [0.4, 0.5) is 0 Å². The molecule has 0 fully saturated rings. The Bertz CT molecular complexity index is 572. The number of hydrogen-bond acceptors (Lipinski definition) is 2. The van der Waals surface area contributed by atoms with Crippen molar-refractivity contribution in [3.8, 4) is 5.75 Å². The van der Waals surface area contributed by atoms with Crippen molar-refractivity contribution >= 4 is 31.9 Å². The number of rotatable bonds is 6. The van der Waals surface area contributed by atoms with E-state index < -0.39 is 0 Å². The van der Waals surface area contributed by atoms with Gasteiger partial charge >= 0.3 is 0 Å². The van der Waals surface area contributed by atoms with Crippen molar-refractivity contribution in [3.63, 3.8) is 0 Å². The van der Waals surface area contributed by atoms with E-state index in [4.69, 9.17) is 4.74 Å². The first-order valence-corrected chi connectivity index (χ1v) is 8.14. The Kier molecular flexibility index (Phi) is 6.07. The summed E-state index contributed by atoms with van der Waals surface area (Å²) in [6.45, 7) is 4.49. The SMILES string of the molecule is CCNCc1ccc(OCc2ccccc2Br)c(Br)c1. The smallest absolute Gasteiger partial charge is 0.134 e. The van der Waals surface area contributed by atoms with Crippen molar-refractivity contribution in [1.29, 1.82) is 0 Å². The first-order valence-electron chi connectivity index (χ1n) is 6.56. The molecule has 2 aromatic carbocycles. The van der Waals surface area contributed by atoms with Crippen molar-refractivity contribution < 1.29 is 4.74 Å². The summed E-state index contributed by atoms with van der Waals surface area (Å²) >= 11 is 7.10. The lowest BCUT2D eigenvalue weighted by Gasteiger charge is -2.11. The van der Waals surface area contributed by atoms with E-state index in [-0.39, 0.29) is 0 Å². The Labute approximate surface area is 136 Å². The molecular formula is C16H17Br2NO. The maximum absolute atomic E-state index is 5.87. The van der Waals surface area contributed by atoms with Gasteiger partial charge in [-0.15, -0.1) is 0 Å². The number of hydrogen-bond donors (Lipinski definition) is 1. The van der Waals surface area contributed by atoms with E-state index in [1.54, 1.807) is 0 Å². The quantitative estimate of drug-likeness (QED) is 0.747. The van der Waals surface area contributed by atoms with Crippen LogP contribution in [0.15, 0.2) is 51.4 Å². The second-order valence-corrected chi connectivity index (χ2v) is 6.13. The molecule has 4 heteroatoms. The molecule has 0 saturated heterocycles. The van der Waals surface area contributed by atoms with Crippen molar-refractivity contribution in [2.75, 3.05) is 6.54 Å². The summed E-state index contributed by atoms with van der Waals surface area (Å²) in [5, 5.41) is 3.31.